The van der Waals surface area contributed by atoms with E-state index in [1.165, 1.54) is 11.3 Å². The molecule has 1 atom stereocenters. The Balaban J connectivity index is 0.00000256. The number of esters is 1. The Morgan fingerprint density at radius 2 is 2.12 bits per heavy atom. The third-order valence-corrected chi connectivity index (χ3v) is 3.03. The van der Waals surface area contributed by atoms with Gasteiger partial charge in [-0.1, -0.05) is 6.92 Å². The van der Waals surface area contributed by atoms with Crippen LogP contribution in [0.3, 0.4) is 0 Å². The van der Waals surface area contributed by atoms with E-state index in [0.717, 1.165) is 12.0 Å². The maximum absolute atomic E-state index is 11.9. The lowest BCUT2D eigenvalue weighted by atomic mass is 10.1. The fourth-order valence-electron chi connectivity index (χ4n) is 1.32. The van der Waals surface area contributed by atoms with Gasteiger partial charge in [-0.15, -0.1) is 23.7 Å². The summed E-state index contributed by atoms with van der Waals surface area (Å²) in [7, 11) is 0. The maximum atomic E-state index is 11.9. The Morgan fingerprint density at radius 3 is 2.59 bits per heavy atom. The minimum absolute atomic E-state index is 0. The lowest BCUT2D eigenvalue weighted by Crippen LogP contribution is -2.24. The van der Waals surface area contributed by atoms with Crippen LogP contribution in [0.25, 0.3) is 0 Å². The summed E-state index contributed by atoms with van der Waals surface area (Å²) in [6.07, 6.45) is 0.812. The zero-order valence-corrected chi connectivity index (χ0v) is 12.3. The predicted molar refractivity (Wildman–Crippen MR) is 74.0 cm³/mol. The number of nitrogens with two attached hydrogens (primary N) is 1. The molecule has 3 nitrogen and oxygen atoms in total. The molecule has 1 aromatic rings. The Hall–Kier alpha value is -0.580. The van der Waals surface area contributed by atoms with E-state index in [0.29, 0.717) is 4.88 Å². The topological polar surface area (TPSA) is 52.3 Å². The zero-order chi connectivity index (χ0) is 12.3. The molecule has 1 aromatic heterocycles. The second-order valence-electron chi connectivity index (χ2n) is 4.72. The van der Waals surface area contributed by atoms with Gasteiger partial charge >= 0.3 is 5.97 Å². The highest BCUT2D eigenvalue weighted by molar-refractivity contribution is 7.12. The van der Waals surface area contributed by atoms with Crippen LogP contribution in [0.15, 0.2) is 11.4 Å². The third kappa shape index (κ3) is 4.66. The lowest BCUT2D eigenvalue weighted by molar-refractivity contribution is 0.00737. The molecule has 1 unspecified atom stereocenters. The summed E-state index contributed by atoms with van der Waals surface area (Å²) >= 11 is 1.39. The molecule has 0 saturated carbocycles. The summed E-state index contributed by atoms with van der Waals surface area (Å²) in [6, 6.07) is 1.81. The fourth-order valence-corrected chi connectivity index (χ4v) is 2.17. The van der Waals surface area contributed by atoms with Crippen LogP contribution in [0, 0.1) is 0 Å². The van der Waals surface area contributed by atoms with Crippen molar-refractivity contribution in [1.29, 1.82) is 0 Å². The van der Waals surface area contributed by atoms with Gasteiger partial charge in [-0.25, -0.2) is 4.79 Å². The summed E-state index contributed by atoms with van der Waals surface area (Å²) in [5.74, 6) is -0.276. The minimum Gasteiger partial charge on any atom is -0.456 e. The first kappa shape index (κ1) is 16.4. The molecule has 0 spiro atoms. The summed E-state index contributed by atoms with van der Waals surface area (Å²) in [4.78, 5) is 12.5. The number of rotatable bonds is 3. The summed E-state index contributed by atoms with van der Waals surface area (Å²) in [5.41, 5.74) is 6.37. The smallest absolute Gasteiger partial charge is 0.349 e. The molecule has 0 aliphatic rings. The Morgan fingerprint density at radius 1 is 1.53 bits per heavy atom. The van der Waals surface area contributed by atoms with E-state index in [4.69, 9.17) is 10.5 Å². The first-order valence-electron chi connectivity index (χ1n) is 5.41. The van der Waals surface area contributed by atoms with Gasteiger partial charge in [-0.3, -0.25) is 0 Å². The molecule has 0 aliphatic carbocycles. The van der Waals surface area contributed by atoms with Gasteiger partial charge in [0.05, 0.1) is 0 Å². The van der Waals surface area contributed by atoms with Crippen molar-refractivity contribution < 1.29 is 9.53 Å². The molecule has 5 heteroatoms. The SMILES string of the molecule is CCC(N)c1ccsc1C(=O)OC(C)(C)C.Cl. The van der Waals surface area contributed by atoms with E-state index in [1.807, 2.05) is 39.1 Å². The lowest BCUT2D eigenvalue weighted by Gasteiger charge is -2.20. The molecule has 1 rings (SSSR count). The highest BCUT2D eigenvalue weighted by Gasteiger charge is 2.23. The molecule has 0 saturated heterocycles. The van der Waals surface area contributed by atoms with Crippen LogP contribution in [0.2, 0.25) is 0 Å². The molecule has 1 heterocycles. The second kappa shape index (κ2) is 6.38. The molecule has 17 heavy (non-hydrogen) atoms. The summed E-state index contributed by atoms with van der Waals surface area (Å²) in [5, 5.41) is 1.88. The van der Waals surface area contributed by atoms with E-state index in [-0.39, 0.29) is 24.4 Å². The number of ether oxygens (including phenoxy) is 1. The summed E-state index contributed by atoms with van der Waals surface area (Å²) < 4.78 is 5.33. The first-order chi connectivity index (χ1) is 7.35. The number of carbonyl (C=O) groups is 1. The van der Waals surface area contributed by atoms with Crippen molar-refractivity contribution in [3.05, 3.63) is 21.9 Å². The number of thiophene rings is 1. The van der Waals surface area contributed by atoms with Crippen LogP contribution in [0.1, 0.15) is 55.4 Å². The highest BCUT2D eigenvalue weighted by atomic mass is 35.5. The van der Waals surface area contributed by atoms with Crippen molar-refractivity contribution in [1.82, 2.24) is 0 Å². The quantitative estimate of drug-likeness (QED) is 0.860. The van der Waals surface area contributed by atoms with E-state index in [9.17, 15) is 4.79 Å². The van der Waals surface area contributed by atoms with Crippen LogP contribution < -0.4 is 5.73 Å². The molecule has 0 fully saturated rings. The first-order valence-corrected chi connectivity index (χ1v) is 6.29. The Bertz CT molecular complexity index is 371. The number of halogens is 1. The average molecular weight is 278 g/mol. The molecular formula is C12H20ClNO2S. The van der Waals surface area contributed by atoms with E-state index in [2.05, 4.69) is 0 Å². The molecule has 2 N–H and O–H groups in total. The molecule has 98 valence electrons. The van der Waals surface area contributed by atoms with Gasteiger partial charge in [-0.2, -0.15) is 0 Å². The highest BCUT2D eigenvalue weighted by Crippen LogP contribution is 2.26. The standard InChI is InChI=1S/C12H19NO2S.ClH/c1-5-9(13)8-6-7-16-10(8)11(14)15-12(2,3)4;/h6-7,9H,5,13H2,1-4H3;1H. The average Bonchev–Trinajstić information content (AvgIpc) is 2.62. The molecular weight excluding hydrogens is 258 g/mol. The zero-order valence-electron chi connectivity index (χ0n) is 10.6. The van der Waals surface area contributed by atoms with E-state index in [1.54, 1.807) is 0 Å². The normalized spacial score (nSPS) is 12.8. The van der Waals surface area contributed by atoms with Crippen molar-refractivity contribution in [2.75, 3.05) is 0 Å². The Kier molecular flexibility index (Phi) is 6.16. The van der Waals surface area contributed by atoms with E-state index >= 15 is 0 Å². The van der Waals surface area contributed by atoms with Gasteiger partial charge in [0, 0.05) is 6.04 Å². The predicted octanol–water partition coefficient (Wildman–Crippen LogP) is 3.54. The van der Waals surface area contributed by atoms with Gasteiger partial charge in [0.25, 0.3) is 0 Å². The van der Waals surface area contributed by atoms with Crippen LogP contribution in [-0.2, 0) is 4.74 Å². The number of carbonyl (C=O) groups excluding carboxylic acids is 1. The fraction of sp³-hybridized carbons (Fsp3) is 0.583. The van der Waals surface area contributed by atoms with E-state index < -0.39 is 5.60 Å². The van der Waals surface area contributed by atoms with Gasteiger partial charge in [0.2, 0.25) is 0 Å². The van der Waals surface area contributed by atoms with Crippen molar-refractivity contribution in [3.8, 4) is 0 Å². The van der Waals surface area contributed by atoms with Crippen LogP contribution in [-0.4, -0.2) is 11.6 Å². The van der Waals surface area contributed by atoms with Crippen molar-refractivity contribution >= 4 is 29.7 Å². The Labute approximate surface area is 113 Å². The molecule has 0 radical (unpaired) electrons. The monoisotopic (exact) mass is 277 g/mol. The maximum Gasteiger partial charge on any atom is 0.349 e. The van der Waals surface area contributed by atoms with Crippen LogP contribution >= 0.6 is 23.7 Å². The van der Waals surface area contributed by atoms with Gasteiger partial charge in [0.15, 0.2) is 0 Å². The second-order valence-corrected chi connectivity index (χ2v) is 5.64. The summed E-state index contributed by atoms with van der Waals surface area (Å²) in [6.45, 7) is 7.58. The van der Waals surface area contributed by atoms with Gasteiger partial charge in [0.1, 0.15) is 10.5 Å². The van der Waals surface area contributed by atoms with Gasteiger partial charge in [-0.05, 0) is 44.2 Å². The molecule has 0 aromatic carbocycles. The molecule has 0 amide bonds. The third-order valence-electron chi connectivity index (χ3n) is 2.12. The minimum atomic E-state index is -0.464. The van der Waals surface area contributed by atoms with Crippen LogP contribution in [0.5, 0.6) is 0 Å². The molecule has 0 aliphatic heterocycles. The number of hydrogen-bond acceptors (Lipinski definition) is 4. The molecule has 0 bridgehead atoms. The largest absolute Gasteiger partial charge is 0.456 e. The van der Waals surface area contributed by atoms with Gasteiger partial charge < -0.3 is 10.5 Å². The van der Waals surface area contributed by atoms with Crippen molar-refractivity contribution in [3.63, 3.8) is 0 Å². The number of hydrogen-bond donors (Lipinski definition) is 1. The van der Waals surface area contributed by atoms with Crippen molar-refractivity contribution in [2.24, 2.45) is 5.73 Å². The van der Waals surface area contributed by atoms with Crippen LogP contribution in [0.4, 0.5) is 0 Å². The van der Waals surface area contributed by atoms with Crippen molar-refractivity contribution in [2.45, 2.75) is 45.8 Å².